The molecule has 1 rings (SSSR count). The third kappa shape index (κ3) is 10.6. The molecule has 0 aliphatic heterocycles. The first-order chi connectivity index (χ1) is 11.3. The van der Waals surface area contributed by atoms with E-state index in [9.17, 15) is 4.79 Å². The van der Waals surface area contributed by atoms with Gasteiger partial charge in [0.2, 0.25) is 0 Å². The summed E-state index contributed by atoms with van der Waals surface area (Å²) in [5.41, 5.74) is 1.52. The van der Waals surface area contributed by atoms with Gasteiger partial charge in [0.05, 0.1) is 0 Å². The van der Waals surface area contributed by atoms with Crippen molar-refractivity contribution in [2.45, 2.75) is 116 Å². The molecule has 0 spiro atoms. The number of hydrogen-bond donors (Lipinski definition) is 0. The Morgan fingerprint density at radius 1 is 1.00 bits per heavy atom. The monoisotopic (exact) mass is 322 g/mol. The van der Waals surface area contributed by atoms with Crippen molar-refractivity contribution in [3.63, 3.8) is 0 Å². The quantitative estimate of drug-likeness (QED) is 0.213. The van der Waals surface area contributed by atoms with E-state index in [1.165, 1.54) is 82.6 Å². The molecule has 2 heteroatoms. The standard InChI is InChI=1S/C21H38O2/c1-3-5-6-7-8-9-10-11-12-15-19-16-13-17-20(18-19)23-21(22)14-4-2/h18,20H,3-17H2,1-2H3/t20-/m1/s1. The van der Waals surface area contributed by atoms with E-state index < -0.39 is 0 Å². The second-order valence-corrected chi connectivity index (χ2v) is 7.07. The minimum absolute atomic E-state index is 0.0296. The Morgan fingerprint density at radius 3 is 2.30 bits per heavy atom. The summed E-state index contributed by atoms with van der Waals surface area (Å²) in [6.07, 6.45) is 20.7. The smallest absolute Gasteiger partial charge is 0.306 e. The molecule has 1 atom stereocenters. The highest BCUT2D eigenvalue weighted by molar-refractivity contribution is 5.69. The largest absolute Gasteiger partial charge is 0.458 e. The van der Waals surface area contributed by atoms with Crippen molar-refractivity contribution in [3.8, 4) is 0 Å². The van der Waals surface area contributed by atoms with Crippen molar-refractivity contribution in [3.05, 3.63) is 11.6 Å². The second kappa shape index (κ2) is 13.6. The number of unbranched alkanes of at least 4 members (excludes halogenated alkanes) is 8. The third-order valence-corrected chi connectivity index (χ3v) is 4.75. The molecule has 0 radical (unpaired) electrons. The van der Waals surface area contributed by atoms with Crippen LogP contribution in [0.15, 0.2) is 11.6 Å². The van der Waals surface area contributed by atoms with E-state index in [0.717, 1.165) is 12.8 Å². The van der Waals surface area contributed by atoms with Crippen molar-refractivity contribution in [1.29, 1.82) is 0 Å². The van der Waals surface area contributed by atoms with E-state index in [-0.39, 0.29) is 12.1 Å². The van der Waals surface area contributed by atoms with Gasteiger partial charge in [-0.05, 0) is 44.6 Å². The molecule has 0 saturated heterocycles. The average Bonchev–Trinajstić information content (AvgIpc) is 2.54. The van der Waals surface area contributed by atoms with Gasteiger partial charge in [-0.15, -0.1) is 0 Å². The third-order valence-electron chi connectivity index (χ3n) is 4.75. The van der Waals surface area contributed by atoms with E-state index in [0.29, 0.717) is 6.42 Å². The molecule has 0 aromatic heterocycles. The van der Waals surface area contributed by atoms with Gasteiger partial charge >= 0.3 is 5.97 Å². The Morgan fingerprint density at radius 2 is 1.65 bits per heavy atom. The van der Waals surface area contributed by atoms with Gasteiger partial charge in [0, 0.05) is 6.42 Å². The highest BCUT2D eigenvalue weighted by Crippen LogP contribution is 2.25. The van der Waals surface area contributed by atoms with Crippen molar-refractivity contribution in [2.75, 3.05) is 0 Å². The molecule has 134 valence electrons. The van der Waals surface area contributed by atoms with Crippen molar-refractivity contribution in [1.82, 2.24) is 0 Å². The molecule has 0 aromatic rings. The predicted octanol–water partition coefficient (Wildman–Crippen LogP) is 6.73. The van der Waals surface area contributed by atoms with Crippen LogP contribution in [0.2, 0.25) is 0 Å². The van der Waals surface area contributed by atoms with Gasteiger partial charge in [-0.2, -0.15) is 0 Å². The summed E-state index contributed by atoms with van der Waals surface area (Å²) in [7, 11) is 0. The number of rotatable bonds is 13. The molecule has 0 aromatic carbocycles. The van der Waals surface area contributed by atoms with Crippen molar-refractivity contribution in [2.24, 2.45) is 0 Å². The molecule has 0 heterocycles. The zero-order chi connectivity index (χ0) is 16.8. The van der Waals surface area contributed by atoms with Gasteiger partial charge in [0.1, 0.15) is 6.10 Å². The van der Waals surface area contributed by atoms with E-state index >= 15 is 0 Å². The summed E-state index contributed by atoms with van der Waals surface area (Å²) in [5.74, 6) is -0.0296. The molecular weight excluding hydrogens is 284 g/mol. The Bertz CT molecular complexity index is 333. The number of allylic oxidation sites excluding steroid dienone is 1. The van der Waals surface area contributed by atoms with Gasteiger partial charge in [0.25, 0.3) is 0 Å². The highest BCUT2D eigenvalue weighted by atomic mass is 16.5. The lowest BCUT2D eigenvalue weighted by atomic mass is 9.93. The van der Waals surface area contributed by atoms with E-state index in [2.05, 4.69) is 13.0 Å². The predicted molar refractivity (Wildman–Crippen MR) is 98.6 cm³/mol. The summed E-state index contributed by atoms with van der Waals surface area (Å²) >= 11 is 0. The first-order valence-corrected chi connectivity index (χ1v) is 10.1. The maximum atomic E-state index is 11.6. The lowest BCUT2D eigenvalue weighted by molar-refractivity contribution is -0.147. The van der Waals surface area contributed by atoms with Crippen LogP contribution in [0.3, 0.4) is 0 Å². The first kappa shape index (κ1) is 20.3. The number of carbonyl (C=O) groups is 1. The van der Waals surface area contributed by atoms with Crippen LogP contribution < -0.4 is 0 Å². The summed E-state index contributed by atoms with van der Waals surface area (Å²) < 4.78 is 5.54. The topological polar surface area (TPSA) is 26.3 Å². The van der Waals surface area contributed by atoms with Gasteiger partial charge < -0.3 is 4.74 Å². The normalized spacial score (nSPS) is 17.8. The van der Waals surface area contributed by atoms with Gasteiger partial charge in [-0.25, -0.2) is 0 Å². The van der Waals surface area contributed by atoms with Crippen LogP contribution in [0, 0.1) is 0 Å². The zero-order valence-electron chi connectivity index (χ0n) is 15.6. The molecular formula is C21H38O2. The van der Waals surface area contributed by atoms with E-state index in [1.807, 2.05) is 6.92 Å². The summed E-state index contributed by atoms with van der Waals surface area (Å²) in [6.45, 7) is 4.29. The van der Waals surface area contributed by atoms with E-state index in [1.54, 1.807) is 0 Å². The number of carbonyl (C=O) groups excluding carboxylic acids is 1. The first-order valence-electron chi connectivity index (χ1n) is 10.1. The maximum absolute atomic E-state index is 11.6. The lowest BCUT2D eigenvalue weighted by Crippen LogP contribution is -2.19. The minimum Gasteiger partial charge on any atom is -0.458 e. The fourth-order valence-corrected chi connectivity index (χ4v) is 3.36. The number of esters is 1. The number of ether oxygens (including phenoxy) is 1. The van der Waals surface area contributed by atoms with Crippen molar-refractivity contribution < 1.29 is 9.53 Å². The molecule has 1 aliphatic rings. The van der Waals surface area contributed by atoms with Crippen LogP contribution in [-0.4, -0.2) is 12.1 Å². The molecule has 0 saturated carbocycles. The molecule has 1 aliphatic carbocycles. The zero-order valence-corrected chi connectivity index (χ0v) is 15.6. The SMILES string of the molecule is CCCCCCCCCCCC1=C[C@H](OC(=O)CCC)CCC1. The molecule has 23 heavy (non-hydrogen) atoms. The van der Waals surface area contributed by atoms with Crippen LogP contribution in [0.5, 0.6) is 0 Å². The van der Waals surface area contributed by atoms with Gasteiger partial charge in [0.15, 0.2) is 0 Å². The lowest BCUT2D eigenvalue weighted by Gasteiger charge is -2.21. The van der Waals surface area contributed by atoms with Crippen molar-refractivity contribution >= 4 is 5.97 Å². The van der Waals surface area contributed by atoms with Crippen LogP contribution in [0.4, 0.5) is 0 Å². The molecule has 0 N–H and O–H groups in total. The molecule has 0 amide bonds. The molecule has 0 fully saturated rings. The van der Waals surface area contributed by atoms with E-state index in [4.69, 9.17) is 4.74 Å². The fraction of sp³-hybridized carbons (Fsp3) is 0.857. The Balaban J connectivity index is 2.07. The molecule has 2 nitrogen and oxygen atoms in total. The van der Waals surface area contributed by atoms with Crippen LogP contribution in [0.25, 0.3) is 0 Å². The van der Waals surface area contributed by atoms with Crippen LogP contribution >= 0.6 is 0 Å². The molecule has 0 unspecified atom stereocenters. The van der Waals surface area contributed by atoms with Gasteiger partial charge in [-0.3, -0.25) is 4.79 Å². The average molecular weight is 323 g/mol. The van der Waals surface area contributed by atoms with Crippen LogP contribution in [0.1, 0.15) is 110 Å². The fourth-order valence-electron chi connectivity index (χ4n) is 3.36. The maximum Gasteiger partial charge on any atom is 0.306 e. The van der Waals surface area contributed by atoms with Crippen LogP contribution in [-0.2, 0) is 9.53 Å². The minimum atomic E-state index is -0.0296. The Kier molecular flexibility index (Phi) is 12.0. The Hall–Kier alpha value is -0.790. The molecule has 0 bridgehead atoms. The number of hydrogen-bond acceptors (Lipinski definition) is 2. The summed E-state index contributed by atoms with van der Waals surface area (Å²) in [5, 5.41) is 0. The Labute approximate surface area is 144 Å². The second-order valence-electron chi connectivity index (χ2n) is 7.07. The summed E-state index contributed by atoms with van der Waals surface area (Å²) in [4.78, 5) is 11.6. The summed E-state index contributed by atoms with van der Waals surface area (Å²) in [6, 6.07) is 0. The van der Waals surface area contributed by atoms with Gasteiger partial charge in [-0.1, -0.05) is 70.8 Å². The highest BCUT2D eigenvalue weighted by Gasteiger charge is 2.16.